The van der Waals surface area contributed by atoms with Crippen LogP contribution in [0.3, 0.4) is 0 Å². The zero-order chi connectivity index (χ0) is 20.5. The Morgan fingerprint density at radius 2 is 2.07 bits per heavy atom. The van der Waals surface area contributed by atoms with E-state index < -0.39 is 0 Å². The van der Waals surface area contributed by atoms with Gasteiger partial charge in [0.15, 0.2) is 11.1 Å². The van der Waals surface area contributed by atoms with Gasteiger partial charge >= 0.3 is 0 Å². The summed E-state index contributed by atoms with van der Waals surface area (Å²) in [6.45, 7) is 5.73. The monoisotopic (exact) mass is 417 g/mol. The van der Waals surface area contributed by atoms with Gasteiger partial charge in [0, 0.05) is 44.5 Å². The molecule has 0 radical (unpaired) electrons. The molecule has 2 aromatic rings. The molecule has 2 heterocycles. The van der Waals surface area contributed by atoms with Gasteiger partial charge in [-0.25, -0.2) is 4.98 Å². The van der Waals surface area contributed by atoms with E-state index in [9.17, 15) is 0 Å². The minimum absolute atomic E-state index is 0.0118. The van der Waals surface area contributed by atoms with Gasteiger partial charge in [0.2, 0.25) is 0 Å². The SMILES string of the molecule is CN=C(NCCc1csc(N2CCCC2)n1)NCC(C)Oc1cccc(OC)c1. The quantitative estimate of drug-likeness (QED) is 0.483. The first-order valence-corrected chi connectivity index (χ1v) is 11.0. The van der Waals surface area contributed by atoms with Crippen LogP contribution in [0.5, 0.6) is 11.5 Å². The highest BCUT2D eigenvalue weighted by atomic mass is 32.1. The van der Waals surface area contributed by atoms with Gasteiger partial charge in [-0.05, 0) is 31.9 Å². The van der Waals surface area contributed by atoms with Crippen molar-refractivity contribution in [1.82, 2.24) is 15.6 Å². The van der Waals surface area contributed by atoms with Crippen molar-refractivity contribution in [2.24, 2.45) is 4.99 Å². The van der Waals surface area contributed by atoms with Crippen LogP contribution in [0.1, 0.15) is 25.5 Å². The minimum Gasteiger partial charge on any atom is -0.497 e. The van der Waals surface area contributed by atoms with E-state index >= 15 is 0 Å². The summed E-state index contributed by atoms with van der Waals surface area (Å²) < 4.78 is 11.2. The van der Waals surface area contributed by atoms with Crippen molar-refractivity contribution >= 4 is 22.4 Å². The first kappa shape index (κ1) is 21.2. The molecule has 1 saturated heterocycles. The second-order valence-electron chi connectivity index (χ2n) is 7.05. The summed E-state index contributed by atoms with van der Waals surface area (Å²) in [5.41, 5.74) is 1.13. The molecular formula is C21H31N5O2S. The molecule has 0 saturated carbocycles. The van der Waals surface area contributed by atoms with Crippen LogP contribution in [0.2, 0.25) is 0 Å². The number of hydrogen-bond acceptors (Lipinski definition) is 6. The maximum absolute atomic E-state index is 5.94. The summed E-state index contributed by atoms with van der Waals surface area (Å²) in [5.74, 6) is 2.34. The second kappa shape index (κ2) is 10.9. The highest BCUT2D eigenvalue weighted by Crippen LogP contribution is 2.24. The van der Waals surface area contributed by atoms with Gasteiger partial charge < -0.3 is 25.0 Å². The van der Waals surface area contributed by atoms with Gasteiger partial charge in [-0.1, -0.05) is 6.07 Å². The maximum atomic E-state index is 5.94. The Hall–Kier alpha value is -2.48. The van der Waals surface area contributed by atoms with Crippen molar-refractivity contribution in [3.63, 3.8) is 0 Å². The predicted octanol–water partition coefficient (Wildman–Crippen LogP) is 2.93. The maximum Gasteiger partial charge on any atom is 0.191 e. The van der Waals surface area contributed by atoms with Crippen LogP contribution in [0, 0.1) is 0 Å². The average Bonchev–Trinajstić information content (AvgIpc) is 3.42. The predicted molar refractivity (Wildman–Crippen MR) is 120 cm³/mol. The average molecular weight is 418 g/mol. The second-order valence-corrected chi connectivity index (χ2v) is 7.89. The Labute approximate surface area is 177 Å². The smallest absolute Gasteiger partial charge is 0.191 e. The molecule has 3 rings (SSSR count). The third-order valence-electron chi connectivity index (χ3n) is 4.75. The summed E-state index contributed by atoms with van der Waals surface area (Å²) in [7, 11) is 3.43. The lowest BCUT2D eigenvalue weighted by molar-refractivity contribution is 0.223. The van der Waals surface area contributed by atoms with Crippen molar-refractivity contribution in [1.29, 1.82) is 0 Å². The van der Waals surface area contributed by atoms with E-state index in [-0.39, 0.29) is 6.10 Å². The molecule has 29 heavy (non-hydrogen) atoms. The standard InChI is InChI=1S/C21H31N5O2S/c1-16(28-19-8-6-7-18(13-19)27-3)14-24-20(22-2)23-10-9-17-15-29-21(25-17)26-11-4-5-12-26/h6-8,13,15-16H,4-5,9-12,14H2,1-3H3,(H2,22,23,24). The molecule has 0 spiro atoms. The van der Waals surface area contributed by atoms with Crippen LogP contribution in [-0.4, -0.2) is 57.4 Å². The number of nitrogens with zero attached hydrogens (tertiary/aromatic N) is 3. The molecule has 1 aromatic heterocycles. The summed E-state index contributed by atoms with van der Waals surface area (Å²) in [5, 5.41) is 9.98. The number of ether oxygens (including phenoxy) is 2. The molecule has 158 valence electrons. The molecule has 0 bridgehead atoms. The number of benzene rings is 1. The van der Waals surface area contributed by atoms with Gasteiger partial charge in [0.05, 0.1) is 19.3 Å². The Morgan fingerprint density at radius 1 is 1.28 bits per heavy atom. The molecule has 8 heteroatoms. The third-order valence-corrected chi connectivity index (χ3v) is 5.70. The molecule has 1 aliphatic heterocycles. The van der Waals surface area contributed by atoms with Gasteiger partial charge in [0.1, 0.15) is 17.6 Å². The van der Waals surface area contributed by atoms with Crippen LogP contribution in [-0.2, 0) is 6.42 Å². The Bertz CT molecular complexity index is 789. The van der Waals surface area contributed by atoms with Gasteiger partial charge in [0.25, 0.3) is 0 Å². The number of thiazole rings is 1. The van der Waals surface area contributed by atoms with Crippen molar-refractivity contribution in [2.75, 3.05) is 45.2 Å². The fourth-order valence-electron chi connectivity index (χ4n) is 3.18. The molecule has 1 atom stereocenters. The number of hydrogen-bond donors (Lipinski definition) is 2. The molecule has 2 N–H and O–H groups in total. The number of guanidine groups is 1. The highest BCUT2D eigenvalue weighted by molar-refractivity contribution is 7.13. The van der Waals surface area contributed by atoms with Crippen molar-refractivity contribution in [3.8, 4) is 11.5 Å². The number of methoxy groups -OCH3 is 1. The van der Waals surface area contributed by atoms with Gasteiger partial charge in [-0.15, -0.1) is 11.3 Å². The van der Waals surface area contributed by atoms with Crippen LogP contribution in [0.4, 0.5) is 5.13 Å². The molecule has 0 amide bonds. The zero-order valence-electron chi connectivity index (χ0n) is 17.5. The lowest BCUT2D eigenvalue weighted by atomic mass is 10.3. The molecule has 1 aliphatic rings. The largest absolute Gasteiger partial charge is 0.497 e. The molecule has 0 aliphatic carbocycles. The van der Waals surface area contributed by atoms with Crippen molar-refractivity contribution < 1.29 is 9.47 Å². The minimum atomic E-state index is -0.0118. The van der Waals surface area contributed by atoms with E-state index in [1.54, 1.807) is 25.5 Å². The lowest BCUT2D eigenvalue weighted by Gasteiger charge is -2.18. The third kappa shape index (κ3) is 6.52. The number of anilines is 1. The van der Waals surface area contributed by atoms with Gasteiger partial charge in [-0.3, -0.25) is 4.99 Å². The van der Waals surface area contributed by atoms with E-state index in [1.165, 1.54) is 12.8 Å². The first-order chi connectivity index (χ1) is 14.2. The zero-order valence-corrected chi connectivity index (χ0v) is 18.3. The van der Waals surface area contributed by atoms with Crippen molar-refractivity contribution in [3.05, 3.63) is 35.3 Å². The van der Waals surface area contributed by atoms with E-state index in [1.807, 2.05) is 31.2 Å². The number of aromatic nitrogens is 1. The van der Waals surface area contributed by atoms with E-state index in [4.69, 9.17) is 14.5 Å². The van der Waals surface area contributed by atoms with Crippen LogP contribution < -0.4 is 25.0 Å². The number of aliphatic imine (C=N–C) groups is 1. The molecule has 1 unspecified atom stereocenters. The summed E-state index contributed by atoms with van der Waals surface area (Å²) in [6.07, 6.45) is 3.42. The highest BCUT2D eigenvalue weighted by Gasteiger charge is 2.15. The van der Waals surface area contributed by atoms with E-state index in [0.29, 0.717) is 6.54 Å². The normalized spacial score (nSPS) is 15.3. The van der Waals surface area contributed by atoms with Crippen LogP contribution >= 0.6 is 11.3 Å². The Kier molecular flexibility index (Phi) is 7.98. The summed E-state index contributed by atoms with van der Waals surface area (Å²) in [4.78, 5) is 11.4. The van der Waals surface area contributed by atoms with Crippen molar-refractivity contribution in [2.45, 2.75) is 32.3 Å². The molecule has 7 nitrogen and oxygen atoms in total. The lowest BCUT2D eigenvalue weighted by Crippen LogP contribution is -2.42. The summed E-state index contributed by atoms with van der Waals surface area (Å²) in [6, 6.07) is 7.63. The van der Waals surface area contributed by atoms with E-state index in [2.05, 4.69) is 25.9 Å². The molecular weight excluding hydrogens is 386 g/mol. The summed E-state index contributed by atoms with van der Waals surface area (Å²) >= 11 is 1.74. The Morgan fingerprint density at radius 3 is 2.83 bits per heavy atom. The Balaban J connectivity index is 1.37. The van der Waals surface area contributed by atoms with Gasteiger partial charge in [-0.2, -0.15) is 0 Å². The first-order valence-electron chi connectivity index (χ1n) is 10.1. The van der Waals surface area contributed by atoms with Crippen LogP contribution in [0.25, 0.3) is 0 Å². The fraction of sp³-hybridized carbons (Fsp3) is 0.524. The molecule has 1 fully saturated rings. The fourth-order valence-corrected chi connectivity index (χ4v) is 4.10. The number of nitrogens with one attached hydrogen (secondary N) is 2. The number of rotatable bonds is 9. The molecule has 1 aromatic carbocycles. The van der Waals surface area contributed by atoms with E-state index in [0.717, 1.165) is 54.3 Å². The topological polar surface area (TPSA) is 71.0 Å². The van der Waals surface area contributed by atoms with Crippen LogP contribution in [0.15, 0.2) is 34.6 Å².